The van der Waals surface area contributed by atoms with E-state index in [4.69, 9.17) is 25.2 Å². The molecule has 6 rings (SSSR count). The number of methoxy groups -OCH3 is 1. The molecule has 4 amide bonds. The molecule has 3 aromatic rings. The third-order valence-corrected chi connectivity index (χ3v) is 9.90. The third-order valence-electron chi connectivity index (χ3n) is 9.90. The fourth-order valence-electron chi connectivity index (χ4n) is 7.02. The number of nitrogens with two attached hydrogens (primary N) is 1. The monoisotopic (exact) mass is 652 g/mol. The van der Waals surface area contributed by atoms with Crippen LogP contribution < -0.4 is 20.5 Å². The van der Waals surface area contributed by atoms with Crippen LogP contribution >= 0.6 is 0 Å². The second-order valence-corrected chi connectivity index (χ2v) is 13.4. The number of carbonyl (C=O) groups is 3. The van der Waals surface area contributed by atoms with Gasteiger partial charge in [0.1, 0.15) is 23.1 Å². The predicted molar refractivity (Wildman–Crippen MR) is 180 cm³/mol. The molecule has 11 nitrogen and oxygen atoms in total. The number of fused-ring (bicyclic) bond motifs is 3. The smallest absolute Gasteiger partial charge is 0.321 e. The summed E-state index contributed by atoms with van der Waals surface area (Å²) in [5, 5.41) is 3.64. The number of amides is 4. The van der Waals surface area contributed by atoms with Crippen molar-refractivity contribution in [3.8, 4) is 22.9 Å². The van der Waals surface area contributed by atoms with E-state index in [-0.39, 0.29) is 31.2 Å². The number of ether oxygens (including phenoxy) is 2. The molecular formula is C37H42N5O6. The quantitative estimate of drug-likeness (QED) is 0.347. The summed E-state index contributed by atoms with van der Waals surface area (Å²) in [5.74, 6) is -1.38. The molecule has 0 bridgehead atoms. The van der Waals surface area contributed by atoms with Gasteiger partial charge in [0.05, 0.1) is 35.9 Å². The molecule has 0 spiro atoms. The van der Waals surface area contributed by atoms with Gasteiger partial charge in [0, 0.05) is 35.2 Å². The number of primary amides is 1. The topological polar surface area (TPSA) is 154 Å². The van der Waals surface area contributed by atoms with Gasteiger partial charge in [-0.15, -0.1) is 0 Å². The molecule has 1 radical (unpaired) electrons. The van der Waals surface area contributed by atoms with E-state index in [9.17, 15) is 19.2 Å². The van der Waals surface area contributed by atoms with Crippen LogP contribution in [0.15, 0.2) is 48.6 Å². The van der Waals surface area contributed by atoms with E-state index in [2.05, 4.69) is 19.2 Å². The van der Waals surface area contributed by atoms with Gasteiger partial charge < -0.3 is 20.5 Å². The number of aromatic nitrogens is 2. The molecule has 3 heterocycles. The number of pyridine rings is 2. The minimum absolute atomic E-state index is 0.142. The van der Waals surface area contributed by atoms with Crippen molar-refractivity contribution in [2.24, 2.45) is 23.5 Å². The van der Waals surface area contributed by atoms with E-state index in [1.807, 2.05) is 61.8 Å². The van der Waals surface area contributed by atoms with Gasteiger partial charge in [-0.2, -0.15) is 0 Å². The maximum absolute atomic E-state index is 13.9. The molecule has 1 aliphatic heterocycles. The van der Waals surface area contributed by atoms with Crippen molar-refractivity contribution in [1.29, 1.82) is 0 Å². The van der Waals surface area contributed by atoms with Crippen molar-refractivity contribution in [1.82, 2.24) is 20.2 Å². The summed E-state index contributed by atoms with van der Waals surface area (Å²) in [6.07, 6.45) is 8.24. The maximum Gasteiger partial charge on any atom is 0.321 e. The van der Waals surface area contributed by atoms with Crippen LogP contribution in [0.1, 0.15) is 69.5 Å². The molecule has 11 heteroatoms. The van der Waals surface area contributed by atoms with Crippen molar-refractivity contribution in [2.75, 3.05) is 13.7 Å². The van der Waals surface area contributed by atoms with Crippen LogP contribution in [0.25, 0.3) is 22.3 Å². The van der Waals surface area contributed by atoms with E-state index in [0.717, 1.165) is 28.0 Å². The number of rotatable bonds is 6. The molecule has 48 heavy (non-hydrogen) atoms. The van der Waals surface area contributed by atoms with Crippen molar-refractivity contribution >= 4 is 35.0 Å². The number of nitrogens with one attached hydrogen (secondary N) is 1. The summed E-state index contributed by atoms with van der Waals surface area (Å²) in [5.41, 5.74) is 8.31. The first-order valence-corrected chi connectivity index (χ1v) is 16.7. The van der Waals surface area contributed by atoms with Gasteiger partial charge in [0.2, 0.25) is 18.1 Å². The zero-order chi connectivity index (χ0) is 34.2. The van der Waals surface area contributed by atoms with Crippen molar-refractivity contribution in [3.63, 3.8) is 0 Å². The van der Waals surface area contributed by atoms with E-state index < -0.39 is 41.3 Å². The van der Waals surface area contributed by atoms with Gasteiger partial charge in [-0.1, -0.05) is 32.1 Å². The largest absolute Gasteiger partial charge is 0.496 e. The van der Waals surface area contributed by atoms with E-state index >= 15 is 0 Å². The second kappa shape index (κ2) is 13.4. The van der Waals surface area contributed by atoms with Gasteiger partial charge in [-0.25, -0.2) is 9.78 Å². The first-order valence-electron chi connectivity index (χ1n) is 16.7. The standard InChI is InChI=1S/C37H42N5O6/c1-21(2)28-11-9-12-29(39-28)30-18-32(25-13-14-31(47-4)22(3)33(25)40-30)48-24-16-26-27(17-24)35(45)42(36(38)46)15-8-6-5-7-10-23-19-37(23,20-43)41-34(26)44/h7,9-14,18,21,23-24,26-27H,5-6,8,15-17,19H2,1-4H3,(H2,38,46)(H,41,44)/b10-7+. The minimum atomic E-state index is -1.11. The molecule has 0 saturated heterocycles. The van der Waals surface area contributed by atoms with E-state index in [0.29, 0.717) is 47.7 Å². The SMILES string of the molecule is COc1ccc2c(OC3CC4C(=O)NC5([C]=O)CC5/C=C/CCCCN(C(N)=O)C(=O)C4C3)cc(-c3cccc(C(C)C)n3)nc2c1C. The fraction of sp³-hybridized carbons (Fsp3) is 0.459. The number of urea groups is 1. The highest BCUT2D eigenvalue weighted by atomic mass is 16.5. The van der Waals surface area contributed by atoms with Crippen LogP contribution in [-0.2, 0) is 14.4 Å². The van der Waals surface area contributed by atoms with Gasteiger partial charge >= 0.3 is 6.03 Å². The van der Waals surface area contributed by atoms with Crippen molar-refractivity contribution in [2.45, 2.75) is 76.9 Å². The fourth-order valence-corrected chi connectivity index (χ4v) is 7.02. The molecular weight excluding hydrogens is 610 g/mol. The molecule has 3 aliphatic rings. The molecule has 2 fully saturated rings. The highest BCUT2D eigenvalue weighted by Gasteiger charge is 2.57. The van der Waals surface area contributed by atoms with Crippen molar-refractivity contribution in [3.05, 3.63) is 59.8 Å². The number of benzene rings is 1. The number of aryl methyl sites for hydroxylation is 1. The van der Waals surface area contributed by atoms with Crippen molar-refractivity contribution < 1.29 is 28.7 Å². The zero-order valence-corrected chi connectivity index (χ0v) is 27.8. The summed E-state index contributed by atoms with van der Waals surface area (Å²) in [7, 11) is 1.61. The Kier molecular flexibility index (Phi) is 9.22. The third kappa shape index (κ3) is 6.37. The second-order valence-electron chi connectivity index (χ2n) is 13.4. The average Bonchev–Trinajstić information content (AvgIpc) is 3.58. The van der Waals surface area contributed by atoms with Crippen LogP contribution in [0.3, 0.4) is 0 Å². The number of carbonyl (C=O) groups excluding carboxylic acids is 4. The minimum Gasteiger partial charge on any atom is -0.496 e. The van der Waals surface area contributed by atoms with Gasteiger partial charge in [-0.3, -0.25) is 24.3 Å². The van der Waals surface area contributed by atoms with E-state index in [1.54, 1.807) is 7.11 Å². The first-order chi connectivity index (χ1) is 23.0. The number of hydrogen-bond donors (Lipinski definition) is 2. The lowest BCUT2D eigenvalue weighted by Crippen LogP contribution is -2.49. The van der Waals surface area contributed by atoms with Crippen LogP contribution in [-0.4, -0.2) is 64.3 Å². The molecule has 2 aromatic heterocycles. The molecule has 5 atom stereocenters. The molecule has 3 N–H and O–H groups in total. The first kappa shape index (κ1) is 33.1. The van der Waals surface area contributed by atoms with Gasteiger partial charge in [0.15, 0.2) is 0 Å². The number of imide groups is 1. The zero-order valence-electron chi connectivity index (χ0n) is 27.8. The molecule has 5 unspecified atom stereocenters. The Labute approximate surface area is 280 Å². The Bertz CT molecular complexity index is 1790. The predicted octanol–water partition coefficient (Wildman–Crippen LogP) is 5.14. The van der Waals surface area contributed by atoms with E-state index in [1.165, 1.54) is 0 Å². The van der Waals surface area contributed by atoms with Gasteiger partial charge in [0.25, 0.3) is 0 Å². The summed E-state index contributed by atoms with van der Waals surface area (Å²) in [6, 6.07) is 10.6. The Morgan fingerprint density at radius 2 is 1.88 bits per heavy atom. The Hall–Kier alpha value is -4.80. The summed E-state index contributed by atoms with van der Waals surface area (Å²) in [4.78, 5) is 63.2. The molecule has 1 aromatic carbocycles. The normalized spacial score (nSPS) is 26.6. The lowest BCUT2D eigenvalue weighted by atomic mass is 9.93. The number of nitrogens with zero attached hydrogens (tertiary/aromatic N) is 3. The highest BCUT2D eigenvalue weighted by molar-refractivity contribution is 5.98. The molecule has 251 valence electrons. The molecule has 2 saturated carbocycles. The Balaban J connectivity index is 1.38. The average molecular weight is 653 g/mol. The Morgan fingerprint density at radius 1 is 1.08 bits per heavy atom. The maximum atomic E-state index is 13.9. The summed E-state index contributed by atoms with van der Waals surface area (Å²) in [6.45, 7) is 6.25. The van der Waals surface area contributed by atoms with Crippen LogP contribution in [0.5, 0.6) is 11.5 Å². The number of allylic oxidation sites excluding steroid dienone is 1. The summed E-state index contributed by atoms with van der Waals surface area (Å²) < 4.78 is 12.3. The van der Waals surface area contributed by atoms with Gasteiger partial charge in [-0.05, 0) is 75.6 Å². The van der Waals surface area contributed by atoms with Crippen LogP contribution in [0.2, 0.25) is 0 Å². The van der Waals surface area contributed by atoms with Crippen LogP contribution in [0, 0.1) is 24.7 Å². The molecule has 2 aliphatic carbocycles. The lowest BCUT2D eigenvalue weighted by molar-refractivity contribution is -0.138. The number of hydrogen-bond acceptors (Lipinski definition) is 8. The Morgan fingerprint density at radius 3 is 2.60 bits per heavy atom. The highest BCUT2D eigenvalue weighted by Crippen LogP contribution is 2.45. The summed E-state index contributed by atoms with van der Waals surface area (Å²) >= 11 is 0. The lowest BCUT2D eigenvalue weighted by Gasteiger charge is -2.26. The van der Waals surface area contributed by atoms with Crippen LogP contribution in [0.4, 0.5) is 4.79 Å².